The number of nitrogens with zero attached hydrogens (tertiary/aromatic N) is 2. The first kappa shape index (κ1) is 36.4. The molecule has 264 valence electrons. The van der Waals surface area contributed by atoms with Crippen molar-refractivity contribution in [3.63, 3.8) is 0 Å². The first-order valence-corrected chi connectivity index (χ1v) is 18.4. The molecule has 0 unspecified atom stereocenters. The zero-order chi connectivity index (χ0) is 36.0. The van der Waals surface area contributed by atoms with Gasteiger partial charge in [0.05, 0.1) is 0 Å². The molecule has 0 saturated carbocycles. The molecule has 0 radical (unpaired) electrons. The molecule has 3 heteroatoms. The molecule has 1 aliphatic carbocycles. The SMILES string of the molecule is C[C@H]1[C@@H](c2ccccc2)[N-]C(=C2C=CC=C2)N1C.[Fe+2].c1ccc(-c2c(-c3ccccc3)c(-c3ccccc3)[c-](-c3ccccc3)c2-c2ccccc2)cc1. The van der Waals surface area contributed by atoms with Crippen molar-refractivity contribution >= 4 is 0 Å². The third-order valence-electron chi connectivity index (χ3n) is 10.3. The second kappa shape index (κ2) is 16.8. The van der Waals surface area contributed by atoms with Gasteiger partial charge in [0.2, 0.25) is 0 Å². The average Bonchev–Trinajstić information content (AvgIpc) is 3.97. The van der Waals surface area contributed by atoms with Gasteiger partial charge in [-0.1, -0.05) is 271 Å². The maximum Gasteiger partial charge on any atom is 2.00 e. The van der Waals surface area contributed by atoms with Crippen LogP contribution in [-0.2, 0) is 17.1 Å². The number of rotatable bonds is 6. The molecule has 0 aromatic heterocycles. The van der Waals surface area contributed by atoms with Gasteiger partial charge in [-0.2, -0.15) is 0 Å². The molecule has 0 spiro atoms. The maximum atomic E-state index is 4.91. The summed E-state index contributed by atoms with van der Waals surface area (Å²) in [7, 11) is 2.12. The fourth-order valence-corrected chi connectivity index (χ4v) is 7.63. The predicted octanol–water partition coefficient (Wildman–Crippen LogP) is 13.5. The normalized spacial score (nSPS) is 15.7. The zero-order valence-corrected chi connectivity index (χ0v) is 31.6. The molecule has 0 N–H and O–H groups in total. The standard InChI is InChI=1S/C35H25.C16H17N2.Fe/c1-6-16-26(17-7-1)31-32(27-18-8-2-9-19-27)34(29-22-12-4-13-23-29)35(30-24-14-5-15-25-30)33(31)28-20-10-3-11-21-28;1-12-15(13-8-4-3-5-9-13)17-16(18(12)2)14-10-6-7-11-14;/h1-25H;3-12,15H,1-2H3;/q2*-1;+2/t;12-,15-;/m.0./s1. The molecule has 0 bridgehead atoms. The summed E-state index contributed by atoms with van der Waals surface area (Å²) in [5, 5.41) is 4.91. The predicted molar refractivity (Wildman–Crippen MR) is 224 cm³/mol. The van der Waals surface area contributed by atoms with Crippen LogP contribution in [0.3, 0.4) is 0 Å². The van der Waals surface area contributed by atoms with Crippen molar-refractivity contribution in [3.05, 3.63) is 229 Å². The molecule has 1 fully saturated rings. The molecule has 7 aromatic carbocycles. The Balaban J connectivity index is 0.000000200. The Hall–Kier alpha value is -5.99. The second-order valence-corrected chi connectivity index (χ2v) is 13.5. The molecule has 2 aliphatic rings. The fourth-order valence-electron chi connectivity index (χ4n) is 7.63. The molecule has 1 aliphatic heterocycles. The van der Waals surface area contributed by atoms with E-state index in [4.69, 9.17) is 5.32 Å². The van der Waals surface area contributed by atoms with E-state index in [1.165, 1.54) is 66.8 Å². The molecule has 1 saturated heterocycles. The van der Waals surface area contributed by atoms with Crippen molar-refractivity contribution in [1.82, 2.24) is 4.90 Å². The van der Waals surface area contributed by atoms with Crippen molar-refractivity contribution in [1.29, 1.82) is 0 Å². The molecule has 9 rings (SSSR count). The van der Waals surface area contributed by atoms with Crippen molar-refractivity contribution in [2.24, 2.45) is 0 Å². The zero-order valence-electron chi connectivity index (χ0n) is 30.5. The average molecular weight is 739 g/mol. The fraction of sp³-hybridized carbons (Fsp3) is 0.0784. The van der Waals surface area contributed by atoms with Gasteiger partial charge in [-0.25, -0.2) is 0 Å². The van der Waals surface area contributed by atoms with Crippen LogP contribution in [0.15, 0.2) is 218 Å². The number of likely N-dealkylation sites (N-methyl/N-ethyl adjacent to an activating group) is 1. The summed E-state index contributed by atoms with van der Waals surface area (Å²) in [5.74, 6) is 1.10. The Bertz CT molecular complexity index is 2050. The smallest absolute Gasteiger partial charge is 0.468 e. The van der Waals surface area contributed by atoms with E-state index in [-0.39, 0.29) is 23.1 Å². The summed E-state index contributed by atoms with van der Waals surface area (Å²) in [5.41, 5.74) is 15.0. The minimum Gasteiger partial charge on any atom is -0.468 e. The van der Waals surface area contributed by atoms with Gasteiger partial charge in [-0.3, -0.25) is 0 Å². The monoisotopic (exact) mass is 738 g/mol. The van der Waals surface area contributed by atoms with Gasteiger partial charge in [0.15, 0.2) is 0 Å². The van der Waals surface area contributed by atoms with Crippen LogP contribution < -0.4 is 0 Å². The summed E-state index contributed by atoms with van der Waals surface area (Å²) < 4.78 is 0. The van der Waals surface area contributed by atoms with Crippen molar-refractivity contribution < 1.29 is 17.1 Å². The Morgan fingerprint density at radius 2 is 0.852 bits per heavy atom. The van der Waals surface area contributed by atoms with Gasteiger partial charge in [-0.15, -0.1) is 0 Å². The van der Waals surface area contributed by atoms with Gasteiger partial charge in [-0.05, 0) is 34.3 Å². The number of allylic oxidation sites excluding steroid dienone is 5. The van der Waals surface area contributed by atoms with E-state index >= 15 is 0 Å². The minimum atomic E-state index is 0. The summed E-state index contributed by atoms with van der Waals surface area (Å²) >= 11 is 0. The maximum absolute atomic E-state index is 4.91. The van der Waals surface area contributed by atoms with E-state index in [0.29, 0.717) is 6.04 Å². The Labute approximate surface area is 330 Å². The van der Waals surface area contributed by atoms with Gasteiger partial charge < -0.3 is 10.2 Å². The van der Waals surface area contributed by atoms with Crippen LogP contribution >= 0.6 is 0 Å². The summed E-state index contributed by atoms with van der Waals surface area (Å²) in [6.45, 7) is 2.23. The number of hydrogen-bond donors (Lipinski definition) is 0. The van der Waals surface area contributed by atoms with Crippen LogP contribution in [0, 0.1) is 0 Å². The first-order chi connectivity index (χ1) is 26.2. The Morgan fingerprint density at radius 1 is 0.481 bits per heavy atom. The van der Waals surface area contributed by atoms with Gasteiger partial charge in [0.1, 0.15) is 0 Å². The molecule has 1 heterocycles. The Morgan fingerprint density at radius 3 is 1.28 bits per heavy atom. The van der Waals surface area contributed by atoms with Gasteiger partial charge in [0.25, 0.3) is 0 Å². The minimum absolute atomic E-state index is 0. The second-order valence-electron chi connectivity index (χ2n) is 13.5. The van der Waals surface area contributed by atoms with Crippen LogP contribution in [0.4, 0.5) is 0 Å². The van der Waals surface area contributed by atoms with Crippen molar-refractivity contribution in [3.8, 4) is 55.6 Å². The Kier molecular flexibility index (Phi) is 11.3. The van der Waals surface area contributed by atoms with Crippen LogP contribution in [0.25, 0.3) is 61.0 Å². The number of hydrogen-bond acceptors (Lipinski definition) is 1. The van der Waals surface area contributed by atoms with Crippen LogP contribution in [0.1, 0.15) is 18.5 Å². The molecular weight excluding hydrogens is 696 g/mol. The van der Waals surface area contributed by atoms with E-state index < -0.39 is 0 Å². The largest absolute Gasteiger partial charge is 2.00 e. The van der Waals surface area contributed by atoms with E-state index in [9.17, 15) is 0 Å². The summed E-state index contributed by atoms with van der Waals surface area (Å²) in [6.07, 6.45) is 8.36. The third-order valence-corrected chi connectivity index (χ3v) is 10.3. The van der Waals surface area contributed by atoms with Gasteiger partial charge >= 0.3 is 17.1 Å². The summed E-state index contributed by atoms with van der Waals surface area (Å²) in [6, 6.07) is 65.3. The van der Waals surface area contributed by atoms with Crippen LogP contribution in [-0.4, -0.2) is 18.0 Å². The van der Waals surface area contributed by atoms with E-state index in [1.807, 2.05) is 0 Å². The molecule has 2 nitrogen and oxygen atoms in total. The summed E-state index contributed by atoms with van der Waals surface area (Å²) in [4.78, 5) is 2.27. The van der Waals surface area contributed by atoms with Crippen molar-refractivity contribution in [2.45, 2.75) is 19.0 Å². The van der Waals surface area contributed by atoms with Gasteiger partial charge in [0, 0.05) is 0 Å². The van der Waals surface area contributed by atoms with E-state index in [1.54, 1.807) is 0 Å². The molecule has 7 aromatic rings. The van der Waals surface area contributed by atoms with E-state index in [0.717, 1.165) is 5.82 Å². The quantitative estimate of drug-likeness (QED) is 0.123. The molecule has 54 heavy (non-hydrogen) atoms. The van der Waals surface area contributed by atoms with E-state index in [2.05, 4.69) is 225 Å². The molecular formula is C51H42FeN2. The molecule has 2 atom stereocenters. The third kappa shape index (κ3) is 7.30. The van der Waals surface area contributed by atoms with Crippen molar-refractivity contribution in [2.75, 3.05) is 7.05 Å². The number of benzene rings is 6. The topological polar surface area (TPSA) is 17.3 Å². The first-order valence-electron chi connectivity index (χ1n) is 18.4. The molecule has 0 amide bonds. The van der Waals surface area contributed by atoms with Crippen LogP contribution in [0.5, 0.6) is 0 Å². The van der Waals surface area contributed by atoms with Crippen LogP contribution in [0.2, 0.25) is 0 Å².